The molecule has 5 N–H and O–H groups in total. The van der Waals surface area contributed by atoms with Gasteiger partial charge in [-0.2, -0.15) is 0 Å². The molecule has 2 aromatic rings. The lowest BCUT2D eigenvalue weighted by molar-refractivity contribution is -0.213. The number of likely N-dealkylation sites (tertiary alicyclic amines) is 1. The van der Waals surface area contributed by atoms with Crippen molar-refractivity contribution in [3.63, 3.8) is 0 Å². The second kappa shape index (κ2) is 13.6. The first-order valence-electron chi connectivity index (χ1n) is 17.2. The summed E-state index contributed by atoms with van der Waals surface area (Å²) < 4.78 is 6.51. The second-order valence-electron chi connectivity index (χ2n) is 17.1. The van der Waals surface area contributed by atoms with Gasteiger partial charge < -0.3 is 25.7 Å². The molecule has 0 bridgehead atoms. The van der Waals surface area contributed by atoms with Gasteiger partial charge in [0.1, 0.15) is 5.75 Å². The van der Waals surface area contributed by atoms with Crippen LogP contribution in [0.5, 0.6) is 5.75 Å². The van der Waals surface area contributed by atoms with Crippen LogP contribution in [-0.2, 0) is 42.8 Å². The maximum absolute atomic E-state index is 14.8. The molecule has 3 rings (SSSR count). The van der Waals surface area contributed by atoms with Crippen molar-refractivity contribution in [2.24, 2.45) is 11.1 Å². The number of carbonyl (C=O) groups excluding carboxylic acids is 2. The van der Waals surface area contributed by atoms with Crippen LogP contribution in [0.3, 0.4) is 0 Å². The molecule has 0 radical (unpaired) electrons. The highest BCUT2D eigenvalue weighted by molar-refractivity contribution is 6.02. The van der Waals surface area contributed by atoms with Crippen molar-refractivity contribution >= 4 is 17.7 Å². The third-order valence-electron chi connectivity index (χ3n) is 10.9. The number of aromatic nitrogens is 2. The molecule has 0 aliphatic carbocycles. The largest absolute Gasteiger partial charge is 0.507 e. The third-order valence-corrected chi connectivity index (χ3v) is 10.9. The predicted molar refractivity (Wildman–Crippen MR) is 188 cm³/mol. The van der Waals surface area contributed by atoms with Gasteiger partial charge in [0.05, 0.1) is 23.6 Å². The minimum atomic E-state index is -2.00. The van der Waals surface area contributed by atoms with Gasteiger partial charge in [0.2, 0.25) is 0 Å². The number of benzene rings is 1. The lowest BCUT2D eigenvalue weighted by Gasteiger charge is -2.60. The van der Waals surface area contributed by atoms with Gasteiger partial charge in [0.15, 0.2) is 16.8 Å². The van der Waals surface area contributed by atoms with Gasteiger partial charge in [0, 0.05) is 18.2 Å². The molecule has 0 spiro atoms. The number of likely N-dealkylation sites (N-methyl/N-ethyl adjacent to an activating group) is 1. The topological polar surface area (TPSA) is 159 Å². The van der Waals surface area contributed by atoms with E-state index in [-0.39, 0.29) is 37.0 Å². The summed E-state index contributed by atoms with van der Waals surface area (Å²) in [6, 6.07) is 2.57. The van der Waals surface area contributed by atoms with Crippen molar-refractivity contribution in [2.75, 3.05) is 7.05 Å². The highest BCUT2D eigenvalue weighted by atomic mass is 16.6. The van der Waals surface area contributed by atoms with Gasteiger partial charge in [-0.25, -0.2) is 4.98 Å². The zero-order valence-corrected chi connectivity index (χ0v) is 31.3. The molecule has 10 nitrogen and oxygen atoms in total. The van der Waals surface area contributed by atoms with E-state index < -0.39 is 51.1 Å². The van der Waals surface area contributed by atoms with Crippen LogP contribution >= 0.6 is 0 Å². The van der Waals surface area contributed by atoms with Crippen LogP contribution < -0.4 is 5.73 Å². The van der Waals surface area contributed by atoms with Crippen molar-refractivity contribution in [1.82, 2.24) is 14.9 Å². The summed E-state index contributed by atoms with van der Waals surface area (Å²) in [5.74, 6) is -2.56. The van der Waals surface area contributed by atoms with Gasteiger partial charge in [-0.3, -0.25) is 19.3 Å². The van der Waals surface area contributed by atoms with Crippen molar-refractivity contribution < 1.29 is 29.3 Å². The molecule has 1 aliphatic rings. The molecule has 1 saturated heterocycles. The number of carboxylic acid groups (broad SMARTS) is 1. The Kier molecular flexibility index (Phi) is 11.1. The maximum Gasteiger partial charge on any atom is 0.324 e. The molecular weight excluding hydrogens is 608 g/mol. The van der Waals surface area contributed by atoms with Gasteiger partial charge in [0.25, 0.3) is 0 Å². The normalized spacial score (nSPS) is 21.7. The smallest absolute Gasteiger partial charge is 0.324 e. The molecule has 2 unspecified atom stereocenters. The number of piperidine rings is 1. The Labute approximate surface area is 287 Å². The van der Waals surface area contributed by atoms with E-state index in [1.807, 2.05) is 86.4 Å². The van der Waals surface area contributed by atoms with Crippen molar-refractivity contribution in [3.8, 4) is 5.75 Å². The number of phenols is 1. The summed E-state index contributed by atoms with van der Waals surface area (Å²) in [7, 11) is 1.90. The van der Waals surface area contributed by atoms with Crippen molar-refractivity contribution in [2.45, 2.75) is 155 Å². The Hall–Kier alpha value is -3.24. The number of carbonyl (C=O) groups is 3. The van der Waals surface area contributed by atoms with Gasteiger partial charge >= 0.3 is 11.9 Å². The number of ether oxygens (including phenoxy) is 1. The molecule has 0 amide bonds. The lowest BCUT2D eigenvalue weighted by atomic mass is 9.65. The Balaban J connectivity index is 2.23. The standard InChI is InChI=1S/C38H60N4O6/c1-13-14-15-37(31(45)46,21-24-18-26(33(2,3)4)29(43)27(19-24)34(5,6)7)32(47)48-38(17-16-35(8,9)42(12)36(38,10)11)30(44)28(39)20-25-22-40-23-41-25/h18-19,22-23,28,43H,13-17,20-21,39H2,1-12H3,(H,40,41)(H,45,46)/t28-,37?,38?/m0/s1. The quantitative estimate of drug-likeness (QED) is 0.152. The van der Waals surface area contributed by atoms with Crippen LogP contribution in [-0.4, -0.2) is 72.6 Å². The Morgan fingerprint density at radius 1 is 1.04 bits per heavy atom. The number of nitrogens with zero attached hydrogens (tertiary/aromatic N) is 2. The SMILES string of the molecule is CCCCC(Cc1cc(C(C)(C)C)c(O)c(C(C)(C)C)c1)(C(=O)O)C(=O)OC1(C(=O)[C@@H](N)Cc2c[nH]cn2)CCC(C)(C)N(C)C1(C)C. The zero-order chi connectivity index (χ0) is 36.7. The number of Topliss-reactive ketones (excluding diaryl/α,β-unsaturated/α-hetero) is 1. The first-order chi connectivity index (χ1) is 21.9. The fourth-order valence-corrected chi connectivity index (χ4v) is 7.21. The van der Waals surface area contributed by atoms with Crippen LogP contribution in [0.1, 0.15) is 131 Å². The zero-order valence-electron chi connectivity index (χ0n) is 31.3. The minimum absolute atomic E-state index is 0.0135. The van der Waals surface area contributed by atoms with E-state index in [2.05, 4.69) is 23.8 Å². The van der Waals surface area contributed by atoms with Crippen molar-refractivity contribution in [1.29, 1.82) is 0 Å². The number of carboxylic acids is 1. The van der Waals surface area contributed by atoms with Crippen LogP contribution in [0, 0.1) is 5.41 Å². The number of aromatic amines is 1. The van der Waals surface area contributed by atoms with E-state index in [0.29, 0.717) is 41.6 Å². The average molecular weight is 669 g/mol. The number of imidazole rings is 1. The molecule has 2 heterocycles. The first kappa shape index (κ1) is 39.2. The van der Waals surface area contributed by atoms with E-state index >= 15 is 0 Å². The number of esters is 1. The number of hydrogen-bond donors (Lipinski definition) is 4. The van der Waals surface area contributed by atoms with E-state index in [1.54, 1.807) is 6.20 Å². The highest BCUT2D eigenvalue weighted by Gasteiger charge is 2.64. The molecule has 10 heteroatoms. The number of aliphatic carboxylic acids is 1. The van der Waals surface area contributed by atoms with E-state index in [4.69, 9.17) is 10.5 Å². The second-order valence-corrected chi connectivity index (χ2v) is 17.1. The number of unbranched alkanes of at least 4 members (excludes halogenated alkanes) is 1. The van der Waals surface area contributed by atoms with E-state index in [1.165, 1.54) is 6.33 Å². The fraction of sp³-hybridized carbons (Fsp3) is 0.684. The maximum atomic E-state index is 14.8. The van der Waals surface area contributed by atoms with Gasteiger partial charge in [-0.15, -0.1) is 0 Å². The number of phenolic OH excluding ortho intramolecular Hbond substituents is 1. The molecule has 48 heavy (non-hydrogen) atoms. The molecule has 268 valence electrons. The van der Waals surface area contributed by atoms with Crippen LogP contribution in [0.4, 0.5) is 0 Å². The number of rotatable bonds is 12. The minimum Gasteiger partial charge on any atom is -0.507 e. The molecular formula is C38H60N4O6. The molecule has 1 aliphatic heterocycles. The summed E-state index contributed by atoms with van der Waals surface area (Å²) in [4.78, 5) is 52.1. The van der Waals surface area contributed by atoms with Gasteiger partial charge in [-0.05, 0) is 87.9 Å². The Bertz CT molecular complexity index is 1450. The number of hydrogen-bond acceptors (Lipinski definition) is 8. The monoisotopic (exact) mass is 668 g/mol. The average Bonchev–Trinajstić information content (AvgIpc) is 3.48. The number of nitrogens with one attached hydrogen (secondary N) is 1. The number of H-pyrrole nitrogens is 1. The molecule has 3 atom stereocenters. The fourth-order valence-electron chi connectivity index (χ4n) is 7.21. The van der Waals surface area contributed by atoms with Crippen LogP contribution in [0.2, 0.25) is 0 Å². The number of ketones is 1. The summed E-state index contributed by atoms with van der Waals surface area (Å²) in [5.41, 5.74) is 3.09. The van der Waals surface area contributed by atoms with Gasteiger partial charge in [-0.1, -0.05) is 73.4 Å². The van der Waals surface area contributed by atoms with Crippen molar-refractivity contribution in [3.05, 3.63) is 47.0 Å². The first-order valence-corrected chi connectivity index (χ1v) is 17.2. The summed E-state index contributed by atoms with van der Waals surface area (Å²) in [5, 5.41) is 22.4. The van der Waals surface area contributed by atoms with Crippen LogP contribution in [0.25, 0.3) is 0 Å². The number of nitrogens with two attached hydrogens (primary N) is 1. The van der Waals surface area contributed by atoms with E-state index in [9.17, 15) is 24.6 Å². The summed E-state index contributed by atoms with van der Waals surface area (Å²) >= 11 is 0. The molecule has 0 saturated carbocycles. The molecule has 1 aromatic heterocycles. The highest BCUT2D eigenvalue weighted by Crippen LogP contribution is 2.49. The lowest BCUT2D eigenvalue weighted by Crippen LogP contribution is -2.75. The molecule has 1 fully saturated rings. The van der Waals surface area contributed by atoms with Crippen LogP contribution in [0.15, 0.2) is 24.7 Å². The molecule has 1 aromatic carbocycles. The Morgan fingerprint density at radius 2 is 1.60 bits per heavy atom. The summed E-state index contributed by atoms with van der Waals surface area (Å²) in [6.45, 7) is 21.7. The Morgan fingerprint density at radius 3 is 2.06 bits per heavy atom. The predicted octanol–water partition coefficient (Wildman–Crippen LogP) is 6.22. The number of aromatic hydroxyl groups is 1. The van der Waals surface area contributed by atoms with E-state index in [0.717, 1.165) is 0 Å². The third kappa shape index (κ3) is 7.34. The summed E-state index contributed by atoms with van der Waals surface area (Å²) in [6.07, 6.45) is 4.95.